The molecule has 0 atom stereocenters. The van der Waals surface area contributed by atoms with Gasteiger partial charge in [0.05, 0.1) is 0 Å². The minimum Gasteiger partial charge on any atom is -0.784 e. The Bertz CT molecular complexity index is 171. The van der Waals surface area contributed by atoms with E-state index < -0.39 is 0 Å². The summed E-state index contributed by atoms with van der Waals surface area (Å²) < 4.78 is 0. The summed E-state index contributed by atoms with van der Waals surface area (Å²) in [5, 5.41) is 13.3. The maximum atomic E-state index is 11.9. The Balaban J connectivity index is 2.62. The second-order valence-corrected chi connectivity index (χ2v) is 5.01. The summed E-state index contributed by atoms with van der Waals surface area (Å²) in [4.78, 5) is 0. The lowest BCUT2D eigenvalue weighted by Gasteiger charge is -2.69. The van der Waals surface area contributed by atoms with Gasteiger partial charge in [-0.05, 0) is 33.1 Å². The molecule has 1 aliphatic rings. The van der Waals surface area contributed by atoms with Gasteiger partial charge in [0.25, 0.3) is 0 Å². The summed E-state index contributed by atoms with van der Waals surface area (Å²) in [7, 11) is 0. The minimum atomic E-state index is -0.107. The zero-order valence-corrected chi connectivity index (χ0v) is 9.39. The van der Waals surface area contributed by atoms with Crippen LogP contribution in [0, 0.1) is 5.21 Å². The van der Waals surface area contributed by atoms with Crippen molar-refractivity contribution in [1.82, 2.24) is 5.06 Å². The van der Waals surface area contributed by atoms with E-state index in [0.29, 0.717) is 0 Å². The van der Waals surface area contributed by atoms with Crippen LogP contribution in [-0.2, 0) is 0 Å². The Morgan fingerprint density at radius 2 is 1.62 bits per heavy atom. The predicted octanol–water partition coefficient (Wildman–Crippen LogP) is 3.31. The fourth-order valence-corrected chi connectivity index (χ4v) is 2.94. The van der Waals surface area contributed by atoms with Crippen LogP contribution in [0.5, 0.6) is 0 Å². The molecule has 0 radical (unpaired) electrons. The van der Waals surface area contributed by atoms with Gasteiger partial charge >= 0.3 is 0 Å². The van der Waals surface area contributed by atoms with Gasteiger partial charge in [-0.3, -0.25) is 0 Å². The molecule has 0 aromatic rings. The molecular weight excluding hydrogens is 162 g/mol. The van der Waals surface area contributed by atoms with Crippen LogP contribution in [0.2, 0.25) is 0 Å². The normalized spacial score (nSPS) is 25.6. The fraction of sp³-hybridized carbons (Fsp3) is 1.00. The molecule has 0 spiro atoms. The SMILES string of the molecule is CCCC1(CCC)CC(C)(C)N1[O-]. The van der Waals surface area contributed by atoms with Crippen molar-refractivity contribution in [3.05, 3.63) is 5.21 Å². The van der Waals surface area contributed by atoms with E-state index >= 15 is 0 Å². The molecule has 2 heteroatoms. The Labute approximate surface area is 81.9 Å². The fourth-order valence-electron chi connectivity index (χ4n) is 2.94. The van der Waals surface area contributed by atoms with E-state index in [0.717, 1.165) is 32.1 Å². The summed E-state index contributed by atoms with van der Waals surface area (Å²) in [6.45, 7) is 8.42. The average molecular weight is 184 g/mol. The Morgan fingerprint density at radius 1 is 1.15 bits per heavy atom. The second kappa shape index (κ2) is 3.58. The predicted molar refractivity (Wildman–Crippen MR) is 56.4 cm³/mol. The van der Waals surface area contributed by atoms with Crippen molar-refractivity contribution in [2.45, 2.75) is 70.9 Å². The van der Waals surface area contributed by atoms with Crippen LogP contribution in [0.1, 0.15) is 59.8 Å². The second-order valence-electron chi connectivity index (χ2n) is 5.01. The van der Waals surface area contributed by atoms with Crippen LogP contribution in [0.4, 0.5) is 0 Å². The van der Waals surface area contributed by atoms with Crippen LogP contribution in [0.25, 0.3) is 0 Å². The van der Waals surface area contributed by atoms with Crippen molar-refractivity contribution in [3.8, 4) is 0 Å². The number of nitrogens with zero attached hydrogens (tertiary/aromatic N) is 1. The smallest absolute Gasteiger partial charge is 0.0111 e. The highest BCUT2D eigenvalue weighted by Crippen LogP contribution is 2.49. The lowest BCUT2D eigenvalue weighted by molar-refractivity contribution is -0.0987. The van der Waals surface area contributed by atoms with Crippen molar-refractivity contribution >= 4 is 0 Å². The minimum absolute atomic E-state index is 0.00694. The third-order valence-electron chi connectivity index (χ3n) is 3.17. The molecule has 0 N–H and O–H groups in total. The largest absolute Gasteiger partial charge is 0.784 e. The molecule has 0 aliphatic carbocycles. The lowest BCUT2D eigenvalue weighted by Crippen LogP contribution is -2.68. The van der Waals surface area contributed by atoms with E-state index in [1.807, 2.05) is 13.8 Å². The first-order valence-corrected chi connectivity index (χ1v) is 5.46. The molecule has 1 fully saturated rings. The van der Waals surface area contributed by atoms with Gasteiger partial charge in [-0.1, -0.05) is 26.7 Å². The molecule has 1 saturated heterocycles. The molecule has 1 aliphatic heterocycles. The highest BCUT2D eigenvalue weighted by atomic mass is 16.5. The van der Waals surface area contributed by atoms with Crippen molar-refractivity contribution in [2.24, 2.45) is 0 Å². The molecule has 2 nitrogen and oxygen atoms in total. The first-order chi connectivity index (χ1) is 5.98. The standard InChI is InChI=1S/C11H22NO/c1-5-7-11(8-6-2)9-10(3,4)12(11)13/h5-9H2,1-4H3/q-1. The van der Waals surface area contributed by atoms with E-state index in [1.165, 1.54) is 5.06 Å². The first-order valence-electron chi connectivity index (χ1n) is 5.46. The van der Waals surface area contributed by atoms with Crippen LogP contribution in [0.3, 0.4) is 0 Å². The third-order valence-corrected chi connectivity index (χ3v) is 3.17. The monoisotopic (exact) mass is 184 g/mol. The van der Waals surface area contributed by atoms with Crippen LogP contribution in [-0.4, -0.2) is 16.1 Å². The van der Waals surface area contributed by atoms with Crippen LogP contribution < -0.4 is 0 Å². The first kappa shape index (κ1) is 11.0. The highest BCUT2D eigenvalue weighted by Gasteiger charge is 2.49. The highest BCUT2D eigenvalue weighted by molar-refractivity contribution is 5.11. The van der Waals surface area contributed by atoms with Gasteiger partial charge in [0.2, 0.25) is 0 Å². The van der Waals surface area contributed by atoms with E-state index in [2.05, 4.69) is 13.8 Å². The van der Waals surface area contributed by atoms with Crippen LogP contribution in [0.15, 0.2) is 0 Å². The number of hydrogen-bond donors (Lipinski definition) is 0. The zero-order chi connectivity index (χ0) is 10.1. The quantitative estimate of drug-likeness (QED) is 0.670. The number of rotatable bonds is 4. The summed E-state index contributed by atoms with van der Waals surface area (Å²) >= 11 is 0. The zero-order valence-electron chi connectivity index (χ0n) is 9.39. The van der Waals surface area contributed by atoms with Crippen LogP contribution >= 0.6 is 0 Å². The van der Waals surface area contributed by atoms with Crippen molar-refractivity contribution in [3.63, 3.8) is 0 Å². The molecule has 0 aromatic carbocycles. The van der Waals surface area contributed by atoms with Crippen molar-refractivity contribution < 1.29 is 0 Å². The molecule has 1 rings (SSSR count). The third kappa shape index (κ3) is 1.75. The molecule has 0 bridgehead atoms. The van der Waals surface area contributed by atoms with E-state index in [-0.39, 0.29) is 11.1 Å². The molecule has 0 amide bonds. The maximum absolute atomic E-state index is 11.9. The number of hydrogen-bond acceptors (Lipinski definition) is 2. The van der Waals surface area contributed by atoms with Gasteiger partial charge in [-0.2, -0.15) is 0 Å². The molecule has 0 saturated carbocycles. The number of hydroxylamine groups is 2. The van der Waals surface area contributed by atoms with E-state index in [4.69, 9.17) is 0 Å². The van der Waals surface area contributed by atoms with Gasteiger partial charge in [-0.25, -0.2) is 0 Å². The summed E-state index contributed by atoms with van der Waals surface area (Å²) in [6.07, 6.45) is 5.44. The summed E-state index contributed by atoms with van der Waals surface area (Å²) in [5.41, 5.74) is -0.114. The molecular formula is C11H22NO-. The Morgan fingerprint density at radius 3 is 1.85 bits per heavy atom. The molecule has 1 heterocycles. The Hall–Kier alpha value is -0.0800. The molecule has 13 heavy (non-hydrogen) atoms. The lowest BCUT2D eigenvalue weighted by atomic mass is 9.68. The van der Waals surface area contributed by atoms with Gasteiger partial charge < -0.3 is 10.3 Å². The molecule has 0 aromatic heterocycles. The van der Waals surface area contributed by atoms with Crippen molar-refractivity contribution in [1.29, 1.82) is 0 Å². The van der Waals surface area contributed by atoms with Gasteiger partial charge in [0.15, 0.2) is 0 Å². The summed E-state index contributed by atoms with van der Waals surface area (Å²) in [5.74, 6) is 0. The van der Waals surface area contributed by atoms with E-state index in [9.17, 15) is 5.21 Å². The van der Waals surface area contributed by atoms with Gasteiger partial charge in [-0.15, -0.1) is 0 Å². The summed E-state index contributed by atoms with van der Waals surface area (Å²) in [6, 6.07) is 0. The molecule has 78 valence electrons. The topological polar surface area (TPSA) is 26.3 Å². The Kier molecular flexibility index (Phi) is 3.03. The van der Waals surface area contributed by atoms with Crippen molar-refractivity contribution in [2.75, 3.05) is 0 Å². The van der Waals surface area contributed by atoms with Gasteiger partial charge in [0, 0.05) is 11.1 Å². The van der Waals surface area contributed by atoms with Gasteiger partial charge in [0.1, 0.15) is 0 Å². The average Bonchev–Trinajstić information content (AvgIpc) is 2.04. The molecule has 0 unspecified atom stereocenters. The van der Waals surface area contributed by atoms with E-state index in [1.54, 1.807) is 0 Å². The maximum Gasteiger partial charge on any atom is 0.0111 e.